The molecule has 0 heterocycles. The maximum atomic E-state index is 5.79. The van der Waals surface area contributed by atoms with Gasteiger partial charge in [0.15, 0.2) is 0 Å². The van der Waals surface area contributed by atoms with Gasteiger partial charge in [0.1, 0.15) is 12.4 Å². The summed E-state index contributed by atoms with van der Waals surface area (Å²) in [5.74, 6) is 0.962. The normalized spacial score (nSPS) is 13.2. The number of ether oxygens (including phenoxy) is 1. The number of rotatable bonds is 9. The Labute approximate surface area is 131 Å². The van der Waals surface area contributed by atoms with E-state index in [-0.39, 0.29) is 5.41 Å². The van der Waals surface area contributed by atoms with Gasteiger partial charge >= 0.3 is 0 Å². The predicted molar refractivity (Wildman–Crippen MR) is 92.2 cm³/mol. The van der Waals surface area contributed by atoms with Gasteiger partial charge in [0, 0.05) is 12.6 Å². The second-order valence-corrected chi connectivity index (χ2v) is 6.97. The predicted octanol–water partition coefficient (Wildman–Crippen LogP) is 4.92. The molecule has 0 aliphatic rings. The van der Waals surface area contributed by atoms with Crippen LogP contribution in [0.5, 0.6) is 5.75 Å². The van der Waals surface area contributed by atoms with Crippen molar-refractivity contribution in [3.8, 4) is 5.75 Å². The van der Waals surface area contributed by atoms with Gasteiger partial charge in [-0.1, -0.05) is 59.1 Å². The third-order valence-electron chi connectivity index (χ3n) is 3.82. The van der Waals surface area contributed by atoms with Crippen molar-refractivity contribution in [3.63, 3.8) is 0 Å². The summed E-state index contributed by atoms with van der Waals surface area (Å²) in [5, 5.41) is 3.52. The van der Waals surface area contributed by atoms with Crippen molar-refractivity contribution in [2.24, 2.45) is 0 Å². The molecular weight excluding hydrogens is 258 g/mol. The molecule has 0 aliphatic heterocycles. The van der Waals surface area contributed by atoms with Crippen molar-refractivity contribution < 1.29 is 4.74 Å². The van der Waals surface area contributed by atoms with Gasteiger partial charge in [-0.15, -0.1) is 0 Å². The highest BCUT2D eigenvalue weighted by Crippen LogP contribution is 2.24. The molecule has 0 saturated heterocycles. The molecule has 1 atom stereocenters. The Morgan fingerprint density at radius 3 is 2.33 bits per heavy atom. The number of hydrogen-bond acceptors (Lipinski definition) is 2. The fourth-order valence-corrected chi connectivity index (χ4v) is 2.33. The Morgan fingerprint density at radius 2 is 1.76 bits per heavy atom. The molecule has 120 valence electrons. The Balaban J connectivity index is 2.21. The Bertz CT molecular complexity index is 378. The molecule has 1 aromatic rings. The highest BCUT2D eigenvalue weighted by atomic mass is 16.5. The van der Waals surface area contributed by atoms with Crippen LogP contribution in [0.15, 0.2) is 24.3 Å². The van der Waals surface area contributed by atoms with Crippen LogP contribution < -0.4 is 10.1 Å². The molecule has 0 aliphatic carbocycles. The summed E-state index contributed by atoms with van der Waals surface area (Å²) in [5.41, 5.74) is 1.55. The molecule has 0 bridgehead atoms. The van der Waals surface area contributed by atoms with Gasteiger partial charge < -0.3 is 10.1 Å². The first-order valence-electron chi connectivity index (χ1n) is 8.40. The molecule has 0 radical (unpaired) electrons. The van der Waals surface area contributed by atoms with Crippen LogP contribution in [0.3, 0.4) is 0 Å². The molecule has 21 heavy (non-hydrogen) atoms. The van der Waals surface area contributed by atoms with Crippen molar-refractivity contribution in [2.45, 2.75) is 71.8 Å². The molecular formula is C19H33NO. The summed E-state index contributed by atoms with van der Waals surface area (Å²) in [6, 6.07) is 9.06. The Kier molecular flexibility index (Phi) is 7.81. The molecule has 2 heteroatoms. The first-order chi connectivity index (χ1) is 9.93. The quantitative estimate of drug-likeness (QED) is 0.652. The van der Waals surface area contributed by atoms with Crippen LogP contribution in [0.4, 0.5) is 0 Å². The highest BCUT2D eigenvalue weighted by Gasteiger charge is 2.12. The number of benzene rings is 1. The third kappa shape index (κ3) is 7.52. The minimum Gasteiger partial charge on any atom is -0.492 e. The minimum atomic E-state index is 0.202. The van der Waals surface area contributed by atoms with E-state index in [1.54, 1.807) is 0 Å². The Hall–Kier alpha value is -1.02. The van der Waals surface area contributed by atoms with E-state index in [9.17, 15) is 0 Å². The molecule has 1 unspecified atom stereocenters. The number of hydrogen-bond donors (Lipinski definition) is 1. The van der Waals surface area contributed by atoms with E-state index < -0.39 is 0 Å². The molecule has 1 rings (SSSR count). The minimum absolute atomic E-state index is 0.202. The first-order valence-corrected chi connectivity index (χ1v) is 8.40. The average Bonchev–Trinajstić information content (AvgIpc) is 2.43. The van der Waals surface area contributed by atoms with Crippen LogP contribution in [0, 0.1) is 0 Å². The van der Waals surface area contributed by atoms with Crippen LogP contribution in [-0.2, 0) is 5.41 Å². The first kappa shape index (κ1) is 18.0. The van der Waals surface area contributed by atoms with E-state index in [0.717, 1.165) is 18.9 Å². The van der Waals surface area contributed by atoms with Crippen molar-refractivity contribution in [1.29, 1.82) is 0 Å². The van der Waals surface area contributed by atoms with Gasteiger partial charge in [-0.05, 0) is 36.5 Å². The van der Waals surface area contributed by atoms with Crippen molar-refractivity contribution in [2.75, 3.05) is 13.2 Å². The summed E-state index contributed by atoms with van der Waals surface area (Å²) >= 11 is 0. The summed E-state index contributed by atoms with van der Waals surface area (Å²) in [7, 11) is 0. The monoisotopic (exact) mass is 291 g/mol. The molecule has 2 nitrogen and oxygen atoms in total. The maximum absolute atomic E-state index is 5.79. The lowest BCUT2D eigenvalue weighted by Crippen LogP contribution is -2.30. The van der Waals surface area contributed by atoms with Crippen molar-refractivity contribution in [1.82, 2.24) is 5.32 Å². The van der Waals surface area contributed by atoms with Gasteiger partial charge in [-0.2, -0.15) is 0 Å². The molecule has 0 spiro atoms. The smallest absolute Gasteiger partial charge is 0.119 e. The zero-order chi connectivity index (χ0) is 15.7. The van der Waals surface area contributed by atoms with Gasteiger partial charge in [-0.3, -0.25) is 0 Å². The second kappa shape index (κ2) is 9.09. The molecule has 1 N–H and O–H groups in total. The summed E-state index contributed by atoms with van der Waals surface area (Å²) in [6.07, 6.45) is 5.21. The lowest BCUT2D eigenvalue weighted by atomic mass is 9.87. The topological polar surface area (TPSA) is 21.3 Å². The second-order valence-electron chi connectivity index (χ2n) is 6.97. The Morgan fingerprint density at radius 1 is 1.10 bits per heavy atom. The van der Waals surface area contributed by atoms with E-state index in [0.29, 0.717) is 6.04 Å². The van der Waals surface area contributed by atoms with E-state index in [1.165, 1.54) is 31.2 Å². The van der Waals surface area contributed by atoms with Gasteiger partial charge in [0.05, 0.1) is 0 Å². The lowest BCUT2D eigenvalue weighted by Gasteiger charge is -2.19. The molecule has 0 aromatic heterocycles. The third-order valence-corrected chi connectivity index (χ3v) is 3.82. The number of unbranched alkanes of at least 4 members (excludes halogenated alkanes) is 2. The van der Waals surface area contributed by atoms with Crippen LogP contribution in [0.2, 0.25) is 0 Å². The maximum Gasteiger partial charge on any atom is 0.119 e. The summed E-state index contributed by atoms with van der Waals surface area (Å²) in [6.45, 7) is 12.8. The van der Waals surface area contributed by atoms with E-state index in [4.69, 9.17) is 4.74 Å². The van der Waals surface area contributed by atoms with Crippen molar-refractivity contribution in [3.05, 3.63) is 29.8 Å². The largest absolute Gasteiger partial charge is 0.492 e. The SMILES string of the molecule is CCCCCC(C)NCCOc1ccc(C(C)(C)C)cc1. The van der Waals surface area contributed by atoms with E-state index in [1.807, 2.05) is 0 Å². The highest BCUT2D eigenvalue weighted by molar-refractivity contribution is 5.31. The van der Waals surface area contributed by atoms with E-state index in [2.05, 4.69) is 64.2 Å². The zero-order valence-corrected chi connectivity index (χ0v) is 14.5. The van der Waals surface area contributed by atoms with Gasteiger partial charge in [0.25, 0.3) is 0 Å². The molecule has 0 fully saturated rings. The standard InChI is InChI=1S/C19H33NO/c1-6-7-8-9-16(2)20-14-15-21-18-12-10-17(11-13-18)19(3,4)5/h10-13,16,20H,6-9,14-15H2,1-5H3. The fraction of sp³-hybridized carbons (Fsp3) is 0.684. The molecule has 0 amide bonds. The zero-order valence-electron chi connectivity index (χ0n) is 14.5. The van der Waals surface area contributed by atoms with Crippen LogP contribution in [0.1, 0.15) is 65.9 Å². The fourth-order valence-electron chi connectivity index (χ4n) is 2.33. The summed E-state index contributed by atoms with van der Waals surface area (Å²) in [4.78, 5) is 0. The van der Waals surface area contributed by atoms with Crippen LogP contribution in [0.25, 0.3) is 0 Å². The van der Waals surface area contributed by atoms with Gasteiger partial charge in [0.2, 0.25) is 0 Å². The van der Waals surface area contributed by atoms with Crippen molar-refractivity contribution >= 4 is 0 Å². The average molecular weight is 291 g/mol. The molecule has 0 saturated carbocycles. The molecule has 1 aromatic carbocycles. The van der Waals surface area contributed by atoms with Crippen LogP contribution >= 0.6 is 0 Å². The van der Waals surface area contributed by atoms with E-state index >= 15 is 0 Å². The van der Waals surface area contributed by atoms with Crippen LogP contribution in [-0.4, -0.2) is 19.2 Å². The lowest BCUT2D eigenvalue weighted by molar-refractivity contribution is 0.304. The summed E-state index contributed by atoms with van der Waals surface area (Å²) < 4.78 is 5.79. The van der Waals surface area contributed by atoms with Gasteiger partial charge in [-0.25, -0.2) is 0 Å². The number of nitrogens with one attached hydrogen (secondary N) is 1.